The first kappa shape index (κ1) is 15.1. The number of aromatic nitrogens is 1. The number of hydrogen-bond acceptors (Lipinski definition) is 6. The number of carbonyl (C=O) groups excluding carboxylic acids is 3. The monoisotopic (exact) mass is 323 g/mol. The van der Waals surface area contributed by atoms with E-state index in [0.717, 1.165) is 11.8 Å². The van der Waals surface area contributed by atoms with E-state index in [1.807, 2.05) is 0 Å². The highest BCUT2D eigenvalue weighted by atomic mass is 32.2. The largest absolute Gasteiger partial charge is 0.361 e. The van der Waals surface area contributed by atoms with Gasteiger partial charge in [-0.05, 0) is 26.7 Å². The van der Waals surface area contributed by atoms with Gasteiger partial charge in [0.2, 0.25) is 5.91 Å². The molecule has 118 valence electrons. The van der Waals surface area contributed by atoms with E-state index in [0.29, 0.717) is 42.9 Å². The molecule has 2 aliphatic rings. The van der Waals surface area contributed by atoms with E-state index < -0.39 is 0 Å². The molecular formula is C14H17N3O4S. The van der Waals surface area contributed by atoms with Crippen LogP contribution in [-0.4, -0.2) is 56.9 Å². The Morgan fingerprint density at radius 2 is 1.95 bits per heavy atom. The normalized spacial score (nSPS) is 20.1. The molecule has 0 aliphatic carbocycles. The molecule has 8 heteroatoms. The van der Waals surface area contributed by atoms with Gasteiger partial charge in [-0.1, -0.05) is 16.9 Å². The van der Waals surface area contributed by atoms with Crippen LogP contribution in [0, 0.1) is 13.8 Å². The fourth-order valence-corrected chi connectivity index (χ4v) is 3.77. The second-order valence-electron chi connectivity index (χ2n) is 5.54. The molecule has 0 unspecified atom stereocenters. The molecule has 0 saturated carbocycles. The second kappa shape index (κ2) is 5.75. The summed E-state index contributed by atoms with van der Waals surface area (Å²) in [7, 11) is 0. The topological polar surface area (TPSA) is 83.7 Å². The van der Waals surface area contributed by atoms with Crippen LogP contribution in [0.4, 0.5) is 4.79 Å². The Morgan fingerprint density at radius 3 is 2.45 bits per heavy atom. The van der Waals surface area contributed by atoms with Crippen LogP contribution >= 0.6 is 11.8 Å². The number of likely N-dealkylation sites (tertiary alicyclic amines) is 1. The number of rotatable bonds is 2. The van der Waals surface area contributed by atoms with Gasteiger partial charge in [0, 0.05) is 19.1 Å². The number of carbonyl (C=O) groups is 3. The van der Waals surface area contributed by atoms with Crippen LogP contribution < -0.4 is 0 Å². The molecule has 2 saturated heterocycles. The molecule has 1 aromatic heterocycles. The SMILES string of the molecule is Cc1noc(C)c1C(=O)N1CCC(N2C(=O)CSC2=O)CC1. The summed E-state index contributed by atoms with van der Waals surface area (Å²) in [5, 5.41) is 3.64. The molecule has 22 heavy (non-hydrogen) atoms. The summed E-state index contributed by atoms with van der Waals surface area (Å²) in [6.45, 7) is 4.51. The van der Waals surface area contributed by atoms with Gasteiger partial charge in [0.1, 0.15) is 11.3 Å². The number of imide groups is 1. The lowest BCUT2D eigenvalue weighted by molar-refractivity contribution is -0.126. The first-order chi connectivity index (χ1) is 10.5. The third-order valence-corrected chi connectivity index (χ3v) is 4.98. The highest BCUT2D eigenvalue weighted by molar-refractivity contribution is 8.14. The number of nitrogens with zero attached hydrogens (tertiary/aromatic N) is 3. The van der Waals surface area contributed by atoms with Crippen molar-refractivity contribution in [2.24, 2.45) is 0 Å². The van der Waals surface area contributed by atoms with E-state index in [2.05, 4.69) is 5.16 Å². The van der Waals surface area contributed by atoms with Gasteiger partial charge in [0.25, 0.3) is 11.1 Å². The van der Waals surface area contributed by atoms with Crippen molar-refractivity contribution in [3.8, 4) is 0 Å². The Bertz CT molecular complexity index is 599. The Morgan fingerprint density at radius 1 is 1.27 bits per heavy atom. The van der Waals surface area contributed by atoms with E-state index in [-0.39, 0.29) is 28.8 Å². The summed E-state index contributed by atoms with van der Waals surface area (Å²) in [4.78, 5) is 39.1. The average Bonchev–Trinajstić information content (AvgIpc) is 3.01. The first-order valence-corrected chi connectivity index (χ1v) is 8.18. The third kappa shape index (κ3) is 2.51. The zero-order valence-electron chi connectivity index (χ0n) is 12.5. The van der Waals surface area contributed by atoms with Gasteiger partial charge in [-0.2, -0.15) is 0 Å². The van der Waals surface area contributed by atoms with Gasteiger partial charge in [0.15, 0.2) is 0 Å². The summed E-state index contributed by atoms with van der Waals surface area (Å²) >= 11 is 1.05. The highest BCUT2D eigenvalue weighted by Crippen LogP contribution is 2.27. The van der Waals surface area contributed by atoms with E-state index in [4.69, 9.17) is 4.52 Å². The predicted molar refractivity (Wildman–Crippen MR) is 79.6 cm³/mol. The lowest BCUT2D eigenvalue weighted by Gasteiger charge is -2.35. The summed E-state index contributed by atoms with van der Waals surface area (Å²) in [5.74, 6) is 0.538. The van der Waals surface area contributed by atoms with Crippen LogP contribution in [-0.2, 0) is 4.79 Å². The molecule has 0 bridgehead atoms. The molecule has 1 aromatic rings. The van der Waals surface area contributed by atoms with Gasteiger partial charge in [-0.25, -0.2) is 0 Å². The fraction of sp³-hybridized carbons (Fsp3) is 0.571. The van der Waals surface area contributed by atoms with Gasteiger partial charge in [0.05, 0.1) is 11.4 Å². The number of amides is 3. The number of hydrogen-bond donors (Lipinski definition) is 0. The van der Waals surface area contributed by atoms with Crippen LogP contribution in [0.5, 0.6) is 0 Å². The Hall–Kier alpha value is -1.83. The number of thioether (sulfide) groups is 1. The van der Waals surface area contributed by atoms with E-state index in [9.17, 15) is 14.4 Å². The summed E-state index contributed by atoms with van der Waals surface area (Å²) < 4.78 is 5.04. The Balaban J connectivity index is 1.66. The van der Waals surface area contributed by atoms with Crippen molar-refractivity contribution in [1.29, 1.82) is 0 Å². The zero-order chi connectivity index (χ0) is 15.9. The summed E-state index contributed by atoms with van der Waals surface area (Å²) in [6, 6.07) is -0.0938. The van der Waals surface area contributed by atoms with E-state index in [1.165, 1.54) is 4.90 Å². The molecule has 3 amide bonds. The minimum Gasteiger partial charge on any atom is -0.361 e. The van der Waals surface area contributed by atoms with Crippen molar-refractivity contribution in [3.05, 3.63) is 17.0 Å². The van der Waals surface area contributed by atoms with Gasteiger partial charge < -0.3 is 9.42 Å². The maximum absolute atomic E-state index is 12.5. The van der Waals surface area contributed by atoms with Crippen molar-refractivity contribution in [2.75, 3.05) is 18.8 Å². The lowest BCUT2D eigenvalue weighted by Crippen LogP contribution is -2.48. The highest BCUT2D eigenvalue weighted by Gasteiger charge is 2.38. The first-order valence-electron chi connectivity index (χ1n) is 7.20. The molecule has 2 aliphatic heterocycles. The summed E-state index contributed by atoms with van der Waals surface area (Å²) in [5.41, 5.74) is 1.10. The van der Waals surface area contributed by atoms with Gasteiger partial charge in [-0.15, -0.1) is 0 Å². The minimum absolute atomic E-state index is 0.0938. The van der Waals surface area contributed by atoms with Gasteiger partial charge in [-0.3, -0.25) is 19.3 Å². The van der Waals surface area contributed by atoms with Crippen molar-refractivity contribution in [2.45, 2.75) is 32.7 Å². The molecule has 0 aromatic carbocycles. The molecule has 0 N–H and O–H groups in total. The molecule has 0 atom stereocenters. The lowest BCUT2D eigenvalue weighted by atomic mass is 10.0. The summed E-state index contributed by atoms with van der Waals surface area (Å²) in [6.07, 6.45) is 1.24. The van der Waals surface area contributed by atoms with Crippen molar-refractivity contribution in [1.82, 2.24) is 15.0 Å². The molecule has 2 fully saturated rings. The van der Waals surface area contributed by atoms with Crippen molar-refractivity contribution < 1.29 is 18.9 Å². The molecule has 0 spiro atoms. The van der Waals surface area contributed by atoms with Crippen LogP contribution in [0.15, 0.2) is 4.52 Å². The smallest absolute Gasteiger partial charge is 0.289 e. The molecule has 0 radical (unpaired) electrons. The maximum Gasteiger partial charge on any atom is 0.289 e. The van der Waals surface area contributed by atoms with Crippen LogP contribution in [0.3, 0.4) is 0 Å². The minimum atomic E-state index is -0.166. The quantitative estimate of drug-likeness (QED) is 0.822. The van der Waals surface area contributed by atoms with Gasteiger partial charge >= 0.3 is 0 Å². The molecule has 7 nitrogen and oxygen atoms in total. The number of aryl methyl sites for hydroxylation is 2. The molecule has 3 rings (SSSR count). The van der Waals surface area contributed by atoms with E-state index >= 15 is 0 Å². The number of piperidine rings is 1. The van der Waals surface area contributed by atoms with E-state index in [1.54, 1.807) is 18.7 Å². The zero-order valence-corrected chi connectivity index (χ0v) is 13.3. The second-order valence-corrected chi connectivity index (χ2v) is 6.47. The third-order valence-electron chi connectivity index (χ3n) is 4.15. The molecule has 3 heterocycles. The van der Waals surface area contributed by atoms with Crippen molar-refractivity contribution >= 4 is 28.8 Å². The average molecular weight is 323 g/mol. The van der Waals surface area contributed by atoms with Crippen molar-refractivity contribution in [3.63, 3.8) is 0 Å². The van der Waals surface area contributed by atoms with Crippen LogP contribution in [0.25, 0.3) is 0 Å². The Kier molecular flexibility index (Phi) is 3.94. The van der Waals surface area contributed by atoms with Crippen LogP contribution in [0.2, 0.25) is 0 Å². The molecular weight excluding hydrogens is 306 g/mol. The maximum atomic E-state index is 12.5. The predicted octanol–water partition coefficient (Wildman–Crippen LogP) is 1.59. The standard InChI is InChI=1S/C14H17N3O4S/c1-8-12(9(2)21-15-8)13(19)16-5-3-10(4-6-16)17-11(18)7-22-14(17)20/h10H,3-7H2,1-2H3. The fourth-order valence-electron chi connectivity index (χ4n) is 2.99. The van der Waals surface area contributed by atoms with Crippen LogP contribution in [0.1, 0.15) is 34.7 Å². The Labute approximate surface area is 132 Å².